The van der Waals surface area contributed by atoms with Crippen LogP contribution in [-0.2, 0) is 4.74 Å². The molecule has 6 heteroatoms. The number of ether oxygens (including phenoxy) is 2. The van der Waals surface area contributed by atoms with E-state index >= 15 is 0 Å². The normalized spacial score (nSPS) is 18.9. The maximum Gasteiger partial charge on any atom is 0.177 e. The number of methoxy groups -OCH3 is 1. The first-order valence-corrected chi connectivity index (χ1v) is 7.63. The maximum atomic E-state index is 11.7. The molecule has 1 aliphatic rings. The number of anilines is 2. The molecule has 112 valence electrons. The summed E-state index contributed by atoms with van der Waals surface area (Å²) in [6, 6.07) is 0. The van der Waals surface area contributed by atoms with Gasteiger partial charge in [-0.3, -0.25) is 4.79 Å². The predicted molar refractivity (Wildman–Crippen MR) is 82.1 cm³/mol. The molecule has 0 aromatic carbocycles. The van der Waals surface area contributed by atoms with Crippen molar-refractivity contribution in [1.29, 1.82) is 0 Å². The van der Waals surface area contributed by atoms with Crippen LogP contribution in [0, 0.1) is 0 Å². The van der Waals surface area contributed by atoms with Gasteiger partial charge < -0.3 is 20.1 Å². The van der Waals surface area contributed by atoms with Crippen molar-refractivity contribution in [2.45, 2.75) is 39.4 Å². The van der Waals surface area contributed by atoms with Gasteiger partial charge in [0.25, 0.3) is 0 Å². The number of Topliss-reactive ketones (excluding diaryl/α,β-unsaturated/α-hetero) is 1. The number of nitrogens with two attached hydrogens (primary N) is 1. The number of hydrogen-bond acceptors (Lipinski definition) is 6. The minimum absolute atomic E-state index is 0.0187. The summed E-state index contributed by atoms with van der Waals surface area (Å²) in [6.07, 6.45) is 1.22. The Labute approximate surface area is 123 Å². The van der Waals surface area contributed by atoms with Crippen LogP contribution in [0.25, 0.3) is 0 Å². The fourth-order valence-corrected chi connectivity index (χ4v) is 3.43. The Morgan fingerprint density at radius 1 is 1.50 bits per heavy atom. The molecule has 20 heavy (non-hydrogen) atoms. The van der Waals surface area contributed by atoms with E-state index in [-0.39, 0.29) is 18.0 Å². The van der Waals surface area contributed by atoms with Gasteiger partial charge in [-0.2, -0.15) is 0 Å². The van der Waals surface area contributed by atoms with Crippen LogP contribution in [0.3, 0.4) is 0 Å². The summed E-state index contributed by atoms with van der Waals surface area (Å²) in [4.78, 5) is 14.5. The average Bonchev–Trinajstić information content (AvgIpc) is 2.95. The van der Waals surface area contributed by atoms with Crippen molar-refractivity contribution in [2.24, 2.45) is 0 Å². The van der Waals surface area contributed by atoms with Crippen LogP contribution in [0.1, 0.15) is 36.9 Å². The number of carbonyl (C=O) groups is 1. The number of thiophene rings is 1. The van der Waals surface area contributed by atoms with Gasteiger partial charge in [0, 0.05) is 27.1 Å². The highest BCUT2D eigenvalue weighted by molar-refractivity contribution is 7.19. The second-order valence-corrected chi connectivity index (χ2v) is 6.29. The Hall–Kier alpha value is -1.27. The van der Waals surface area contributed by atoms with Crippen LogP contribution < -0.4 is 15.4 Å². The first-order chi connectivity index (χ1) is 9.43. The van der Waals surface area contributed by atoms with E-state index in [0.29, 0.717) is 16.3 Å². The van der Waals surface area contributed by atoms with Gasteiger partial charge in [-0.15, -0.1) is 11.3 Å². The fraction of sp³-hybridized carbons (Fsp3) is 0.643. The Balaban J connectivity index is 2.35. The molecule has 0 radical (unpaired) electrons. The highest BCUT2D eigenvalue weighted by atomic mass is 32.1. The van der Waals surface area contributed by atoms with E-state index in [1.165, 1.54) is 18.3 Å². The van der Waals surface area contributed by atoms with Crippen LogP contribution in [-0.4, -0.2) is 38.2 Å². The third kappa shape index (κ3) is 2.91. The molecule has 0 amide bonds. The molecule has 1 atom stereocenters. The first kappa shape index (κ1) is 15.1. The van der Waals surface area contributed by atoms with Gasteiger partial charge in [0.05, 0.1) is 22.8 Å². The number of hydrogen-bond donors (Lipinski definition) is 1. The molecule has 0 bridgehead atoms. The highest BCUT2D eigenvalue weighted by Crippen LogP contribution is 2.46. The van der Waals surface area contributed by atoms with Crippen molar-refractivity contribution < 1.29 is 14.3 Å². The van der Waals surface area contributed by atoms with Crippen molar-refractivity contribution in [3.05, 3.63) is 4.88 Å². The van der Waals surface area contributed by atoms with Gasteiger partial charge in [-0.1, -0.05) is 0 Å². The van der Waals surface area contributed by atoms with E-state index in [4.69, 9.17) is 15.2 Å². The number of carbonyl (C=O) groups excluding carboxylic acids is 1. The zero-order valence-corrected chi connectivity index (χ0v) is 13.3. The van der Waals surface area contributed by atoms with Crippen molar-refractivity contribution in [3.63, 3.8) is 0 Å². The molecule has 1 fully saturated rings. The Morgan fingerprint density at radius 2 is 2.20 bits per heavy atom. The Morgan fingerprint density at radius 3 is 2.70 bits per heavy atom. The molecule has 1 aromatic rings. The standard InChI is InChI=1S/C14H22N2O3S/c1-8(2)19-12-11(15)13(9(3)17)20-14(12)16-6-5-10(7-16)18-4/h8,10H,5-7,15H2,1-4H3. The molecule has 2 heterocycles. The molecule has 1 aromatic heterocycles. The molecule has 0 saturated carbocycles. The largest absolute Gasteiger partial charge is 0.486 e. The lowest BCUT2D eigenvalue weighted by atomic mass is 10.3. The van der Waals surface area contributed by atoms with Gasteiger partial charge in [0.1, 0.15) is 5.00 Å². The molecule has 5 nitrogen and oxygen atoms in total. The van der Waals surface area contributed by atoms with E-state index in [9.17, 15) is 4.79 Å². The van der Waals surface area contributed by atoms with E-state index in [2.05, 4.69) is 4.90 Å². The van der Waals surface area contributed by atoms with Gasteiger partial charge in [-0.05, 0) is 20.3 Å². The van der Waals surface area contributed by atoms with Crippen LogP contribution in [0.15, 0.2) is 0 Å². The summed E-state index contributed by atoms with van der Waals surface area (Å²) >= 11 is 1.42. The minimum atomic E-state index is -0.0187. The molecule has 1 unspecified atom stereocenters. The quantitative estimate of drug-likeness (QED) is 0.846. The number of nitrogens with zero attached hydrogens (tertiary/aromatic N) is 1. The summed E-state index contributed by atoms with van der Waals surface area (Å²) in [7, 11) is 1.73. The van der Waals surface area contributed by atoms with Crippen molar-refractivity contribution >= 4 is 27.8 Å². The highest BCUT2D eigenvalue weighted by Gasteiger charge is 2.29. The van der Waals surface area contributed by atoms with Crippen LogP contribution in [0.5, 0.6) is 5.75 Å². The smallest absolute Gasteiger partial charge is 0.177 e. The van der Waals surface area contributed by atoms with E-state index < -0.39 is 0 Å². The summed E-state index contributed by atoms with van der Waals surface area (Å²) in [5.41, 5.74) is 6.56. The van der Waals surface area contributed by atoms with Crippen molar-refractivity contribution in [2.75, 3.05) is 30.8 Å². The van der Waals surface area contributed by atoms with Crippen molar-refractivity contribution in [3.8, 4) is 5.75 Å². The Bertz CT molecular complexity index is 499. The molecule has 2 N–H and O–H groups in total. The molecule has 0 spiro atoms. The monoisotopic (exact) mass is 298 g/mol. The fourth-order valence-electron chi connectivity index (χ4n) is 2.34. The summed E-state index contributed by atoms with van der Waals surface area (Å²) < 4.78 is 11.2. The SMILES string of the molecule is COC1CCN(c2sc(C(C)=O)c(N)c2OC(C)C)C1. The van der Waals surface area contributed by atoms with Crippen LogP contribution >= 0.6 is 11.3 Å². The molecular formula is C14H22N2O3S. The maximum absolute atomic E-state index is 11.7. The third-order valence-electron chi connectivity index (χ3n) is 3.32. The zero-order valence-electron chi connectivity index (χ0n) is 12.4. The number of ketones is 1. The van der Waals surface area contributed by atoms with Crippen LogP contribution in [0.2, 0.25) is 0 Å². The molecule has 1 saturated heterocycles. The van der Waals surface area contributed by atoms with Crippen molar-refractivity contribution in [1.82, 2.24) is 0 Å². The molecule has 0 aliphatic carbocycles. The molecule has 1 aliphatic heterocycles. The molecule has 2 rings (SSSR count). The third-order valence-corrected chi connectivity index (χ3v) is 4.67. The van der Waals surface area contributed by atoms with E-state index in [0.717, 1.165) is 24.5 Å². The first-order valence-electron chi connectivity index (χ1n) is 6.81. The second-order valence-electron chi connectivity index (χ2n) is 5.29. The van der Waals surface area contributed by atoms with E-state index in [1.807, 2.05) is 13.8 Å². The summed E-state index contributed by atoms with van der Waals surface area (Å²) in [6.45, 7) is 7.14. The predicted octanol–water partition coefficient (Wildman–Crippen LogP) is 2.55. The van der Waals surface area contributed by atoms with Crippen LogP contribution in [0.4, 0.5) is 10.7 Å². The van der Waals surface area contributed by atoms with Gasteiger partial charge in [-0.25, -0.2) is 0 Å². The number of rotatable bonds is 5. The van der Waals surface area contributed by atoms with Gasteiger partial charge in [0.15, 0.2) is 11.5 Å². The zero-order chi connectivity index (χ0) is 14.9. The lowest BCUT2D eigenvalue weighted by Crippen LogP contribution is -2.22. The average molecular weight is 298 g/mol. The van der Waals surface area contributed by atoms with Gasteiger partial charge >= 0.3 is 0 Å². The topological polar surface area (TPSA) is 64.8 Å². The summed E-state index contributed by atoms with van der Waals surface area (Å²) in [5.74, 6) is 0.627. The number of nitrogen functional groups attached to an aromatic ring is 1. The van der Waals surface area contributed by atoms with E-state index in [1.54, 1.807) is 7.11 Å². The second kappa shape index (κ2) is 6.01. The lowest BCUT2D eigenvalue weighted by Gasteiger charge is -2.19. The summed E-state index contributed by atoms with van der Waals surface area (Å²) in [5, 5.41) is 0.945. The van der Waals surface area contributed by atoms with Gasteiger partial charge in [0.2, 0.25) is 0 Å². The lowest BCUT2D eigenvalue weighted by molar-refractivity contribution is 0.102. The minimum Gasteiger partial charge on any atom is -0.486 e. The Kier molecular flexibility index (Phi) is 4.55. The molecular weight excluding hydrogens is 276 g/mol.